The average Bonchev–Trinajstić information content (AvgIpc) is 2.38. The maximum Gasteiger partial charge on any atom is 0.511 e. The molecule has 0 radical (unpaired) electrons. The van der Waals surface area contributed by atoms with Crippen molar-refractivity contribution >= 4 is 6.16 Å². The molecule has 104 valence electrons. The lowest BCUT2D eigenvalue weighted by molar-refractivity contribution is 0.143. The van der Waals surface area contributed by atoms with E-state index in [1.165, 1.54) is 0 Å². The van der Waals surface area contributed by atoms with Crippen molar-refractivity contribution in [2.75, 3.05) is 0 Å². The van der Waals surface area contributed by atoms with Gasteiger partial charge in [-0.2, -0.15) is 0 Å². The number of phenols is 1. The maximum atomic E-state index is 10.8. The summed E-state index contributed by atoms with van der Waals surface area (Å²) in [6.07, 6.45) is -1.36. The van der Waals surface area contributed by atoms with Gasteiger partial charge >= 0.3 is 6.16 Å². The van der Waals surface area contributed by atoms with Crippen LogP contribution >= 0.6 is 0 Å². The Morgan fingerprint density at radius 1 is 1.00 bits per heavy atom. The molecule has 2 aromatic carbocycles. The zero-order valence-corrected chi connectivity index (χ0v) is 11.3. The highest BCUT2D eigenvalue weighted by Gasteiger charge is 2.29. The van der Waals surface area contributed by atoms with Crippen LogP contribution < -0.4 is 4.74 Å². The van der Waals surface area contributed by atoms with Crippen molar-refractivity contribution in [3.63, 3.8) is 0 Å². The van der Waals surface area contributed by atoms with E-state index in [2.05, 4.69) is 0 Å². The van der Waals surface area contributed by atoms with Gasteiger partial charge in [0.15, 0.2) is 0 Å². The Bertz CT molecular complexity index is 632. The summed E-state index contributed by atoms with van der Waals surface area (Å²) in [7, 11) is 0. The van der Waals surface area contributed by atoms with E-state index in [4.69, 9.17) is 9.84 Å². The normalized spacial score (nSPS) is 11.1. The van der Waals surface area contributed by atoms with Crippen molar-refractivity contribution in [3.05, 3.63) is 59.7 Å². The fourth-order valence-corrected chi connectivity index (χ4v) is 2.31. The van der Waals surface area contributed by atoms with Crippen LogP contribution in [0.15, 0.2) is 48.5 Å². The largest absolute Gasteiger partial charge is 0.511 e. The van der Waals surface area contributed by atoms with Crippen LogP contribution in [0.3, 0.4) is 0 Å². The summed E-state index contributed by atoms with van der Waals surface area (Å²) in [5.41, 5.74) is 0.822. The van der Waals surface area contributed by atoms with E-state index in [1.54, 1.807) is 30.3 Å². The van der Waals surface area contributed by atoms with Crippen molar-refractivity contribution < 1.29 is 19.7 Å². The van der Waals surface area contributed by atoms with Crippen LogP contribution in [0.2, 0.25) is 0 Å². The highest BCUT2D eigenvalue weighted by atomic mass is 16.7. The van der Waals surface area contributed by atoms with E-state index < -0.39 is 11.6 Å². The predicted octanol–water partition coefficient (Wildman–Crippen LogP) is 3.77. The van der Waals surface area contributed by atoms with E-state index in [0.29, 0.717) is 11.1 Å². The molecule has 0 spiro atoms. The van der Waals surface area contributed by atoms with Crippen LogP contribution in [0.5, 0.6) is 11.5 Å². The van der Waals surface area contributed by atoms with Gasteiger partial charge in [0.2, 0.25) is 0 Å². The monoisotopic (exact) mass is 272 g/mol. The molecule has 0 aromatic heterocycles. The number of benzene rings is 2. The number of para-hydroxylation sites is 2. The molecule has 0 saturated heterocycles. The van der Waals surface area contributed by atoms with Crippen molar-refractivity contribution in [3.8, 4) is 11.5 Å². The molecule has 0 heterocycles. The molecule has 0 aliphatic carbocycles. The topological polar surface area (TPSA) is 66.8 Å². The van der Waals surface area contributed by atoms with Crippen molar-refractivity contribution in [1.29, 1.82) is 0 Å². The number of hydrogen-bond donors (Lipinski definition) is 2. The summed E-state index contributed by atoms with van der Waals surface area (Å²) in [6, 6.07) is 13.9. The molecule has 0 saturated carbocycles. The number of aromatic hydroxyl groups is 1. The zero-order chi connectivity index (χ0) is 14.8. The smallest absolute Gasteiger partial charge is 0.508 e. The number of hydrogen-bond acceptors (Lipinski definition) is 3. The van der Waals surface area contributed by atoms with Gasteiger partial charge in [-0.1, -0.05) is 50.2 Å². The quantitative estimate of drug-likeness (QED) is 0.659. The van der Waals surface area contributed by atoms with Gasteiger partial charge in [0.05, 0.1) is 0 Å². The Kier molecular flexibility index (Phi) is 3.66. The number of carboxylic acid groups (broad SMARTS) is 1. The van der Waals surface area contributed by atoms with E-state index in [1.807, 2.05) is 32.0 Å². The Labute approximate surface area is 117 Å². The zero-order valence-electron chi connectivity index (χ0n) is 11.3. The van der Waals surface area contributed by atoms with Gasteiger partial charge in [0.25, 0.3) is 0 Å². The van der Waals surface area contributed by atoms with E-state index >= 15 is 0 Å². The minimum atomic E-state index is -1.36. The summed E-state index contributed by atoms with van der Waals surface area (Å²) in [5.74, 6) is 0.441. The summed E-state index contributed by atoms with van der Waals surface area (Å²) in [6.45, 7) is 3.82. The minimum absolute atomic E-state index is 0.169. The van der Waals surface area contributed by atoms with Crippen LogP contribution in [-0.4, -0.2) is 16.4 Å². The summed E-state index contributed by atoms with van der Waals surface area (Å²) in [5, 5.41) is 18.8. The number of carbonyl (C=O) groups is 1. The number of ether oxygens (including phenoxy) is 1. The fourth-order valence-electron chi connectivity index (χ4n) is 2.31. The minimum Gasteiger partial charge on any atom is -0.508 e. The molecule has 4 heteroatoms. The molecular formula is C16H16O4. The highest BCUT2D eigenvalue weighted by Crippen LogP contribution is 2.40. The first kappa shape index (κ1) is 13.9. The Balaban J connectivity index is 2.55. The third kappa shape index (κ3) is 2.59. The highest BCUT2D eigenvalue weighted by molar-refractivity contribution is 5.63. The summed E-state index contributed by atoms with van der Waals surface area (Å²) >= 11 is 0. The maximum absolute atomic E-state index is 10.8. The molecule has 0 unspecified atom stereocenters. The first-order chi connectivity index (χ1) is 9.43. The lowest BCUT2D eigenvalue weighted by Crippen LogP contribution is -2.21. The van der Waals surface area contributed by atoms with Gasteiger partial charge in [0, 0.05) is 16.5 Å². The molecule has 0 aliphatic heterocycles. The van der Waals surface area contributed by atoms with E-state index in [-0.39, 0.29) is 11.5 Å². The van der Waals surface area contributed by atoms with Crippen molar-refractivity contribution in [1.82, 2.24) is 0 Å². The van der Waals surface area contributed by atoms with Crippen molar-refractivity contribution in [2.24, 2.45) is 0 Å². The van der Waals surface area contributed by atoms with Gasteiger partial charge in [-0.05, 0) is 12.1 Å². The lowest BCUT2D eigenvalue weighted by Gasteiger charge is -2.28. The SMILES string of the molecule is CC(C)(c1ccccc1O)c1ccccc1OC(=O)O. The number of phenolic OH excluding ortho intramolecular Hbond substituents is 1. The Morgan fingerprint density at radius 2 is 1.55 bits per heavy atom. The van der Waals surface area contributed by atoms with Crippen molar-refractivity contribution in [2.45, 2.75) is 19.3 Å². The molecule has 0 amide bonds. The molecule has 0 atom stereocenters. The predicted molar refractivity (Wildman–Crippen MR) is 75.3 cm³/mol. The second-order valence-corrected chi connectivity index (χ2v) is 5.01. The van der Waals surface area contributed by atoms with Gasteiger partial charge in [-0.25, -0.2) is 4.79 Å². The summed E-state index contributed by atoms with van der Waals surface area (Å²) < 4.78 is 4.83. The van der Waals surface area contributed by atoms with Gasteiger partial charge in [-0.15, -0.1) is 0 Å². The fraction of sp³-hybridized carbons (Fsp3) is 0.188. The lowest BCUT2D eigenvalue weighted by atomic mass is 9.77. The summed E-state index contributed by atoms with van der Waals surface area (Å²) in [4.78, 5) is 10.8. The van der Waals surface area contributed by atoms with Crippen LogP contribution in [0.1, 0.15) is 25.0 Å². The molecular weight excluding hydrogens is 256 g/mol. The van der Waals surface area contributed by atoms with Gasteiger partial charge in [-0.3, -0.25) is 0 Å². The molecule has 2 aromatic rings. The number of rotatable bonds is 3. The van der Waals surface area contributed by atoms with Crippen LogP contribution in [-0.2, 0) is 5.41 Å². The molecule has 0 aliphatic rings. The van der Waals surface area contributed by atoms with Crippen LogP contribution in [0.4, 0.5) is 4.79 Å². The third-order valence-corrected chi connectivity index (χ3v) is 3.34. The second kappa shape index (κ2) is 5.25. The van der Waals surface area contributed by atoms with E-state index in [0.717, 1.165) is 0 Å². The Hall–Kier alpha value is -2.49. The standard InChI is InChI=1S/C16H16O4/c1-16(2,11-7-3-5-9-13(11)17)12-8-4-6-10-14(12)20-15(18)19/h3-10,17H,1-2H3,(H,18,19). The average molecular weight is 272 g/mol. The second-order valence-electron chi connectivity index (χ2n) is 5.01. The molecule has 20 heavy (non-hydrogen) atoms. The van der Waals surface area contributed by atoms with Gasteiger partial charge < -0.3 is 14.9 Å². The van der Waals surface area contributed by atoms with Gasteiger partial charge in [0.1, 0.15) is 11.5 Å². The molecule has 0 bridgehead atoms. The molecule has 4 nitrogen and oxygen atoms in total. The van der Waals surface area contributed by atoms with Crippen LogP contribution in [0.25, 0.3) is 0 Å². The molecule has 0 fully saturated rings. The first-order valence-electron chi connectivity index (χ1n) is 6.21. The molecule has 2 N–H and O–H groups in total. The first-order valence-corrected chi connectivity index (χ1v) is 6.21. The third-order valence-electron chi connectivity index (χ3n) is 3.34. The van der Waals surface area contributed by atoms with E-state index in [9.17, 15) is 9.90 Å². The Morgan fingerprint density at radius 3 is 2.15 bits per heavy atom. The molecule has 2 rings (SSSR count). The van der Waals surface area contributed by atoms with Crippen LogP contribution in [0, 0.1) is 0 Å².